The summed E-state index contributed by atoms with van der Waals surface area (Å²) < 4.78 is 95.2. The van der Waals surface area contributed by atoms with Gasteiger partial charge in [-0.05, 0) is 282 Å². The Balaban J connectivity index is 0.000000210. The fourth-order valence-corrected chi connectivity index (χ4v) is 24.0. The lowest BCUT2D eigenvalue weighted by Crippen LogP contribution is -2.62. The van der Waals surface area contributed by atoms with E-state index in [1.165, 1.54) is 27.2 Å². The molecule has 8 aromatic carbocycles. The van der Waals surface area contributed by atoms with E-state index in [1.54, 1.807) is 150 Å². The molecule has 1 aromatic heterocycles. The number of aryl methyl sites for hydroxylation is 6. The second-order valence-corrected chi connectivity index (χ2v) is 48.9. The number of carbonyl (C=O) groups is 10. The third-order valence-corrected chi connectivity index (χ3v) is 35.0. The third kappa shape index (κ3) is 24.0. The Morgan fingerprint density at radius 2 is 1.01 bits per heavy atom. The molecule has 8 aliphatic rings. The zero-order valence-electron chi connectivity index (χ0n) is 83.9. The van der Waals surface area contributed by atoms with E-state index in [4.69, 9.17) is 42.1 Å². The molecule has 9 aromatic rings. The quantitative estimate of drug-likeness (QED) is 0.0165. The van der Waals surface area contributed by atoms with Gasteiger partial charge in [0.25, 0.3) is 23.6 Å². The smallest absolute Gasteiger partial charge is 0.255 e. The lowest BCUT2D eigenvalue weighted by molar-refractivity contribution is -0.202. The van der Waals surface area contributed by atoms with Crippen LogP contribution in [-0.4, -0.2) is 184 Å². The van der Waals surface area contributed by atoms with Crippen molar-refractivity contribution >= 4 is 136 Å². The Morgan fingerprint density at radius 3 is 1.48 bits per heavy atom. The van der Waals surface area contributed by atoms with Crippen molar-refractivity contribution in [2.45, 2.75) is 256 Å². The van der Waals surface area contributed by atoms with Gasteiger partial charge >= 0.3 is 0 Å². The van der Waals surface area contributed by atoms with Crippen molar-refractivity contribution in [3.05, 3.63) is 261 Å². The van der Waals surface area contributed by atoms with Gasteiger partial charge in [-0.3, -0.25) is 58.6 Å². The van der Waals surface area contributed by atoms with E-state index in [9.17, 15) is 60.0 Å². The number of nitrogens with one attached hydrogen (secondary N) is 4. The van der Waals surface area contributed by atoms with Crippen LogP contribution in [0.15, 0.2) is 178 Å². The van der Waals surface area contributed by atoms with Crippen LogP contribution in [-0.2, 0) is 93.4 Å². The van der Waals surface area contributed by atoms with E-state index in [0.29, 0.717) is 125 Å². The average molecular weight is 2090 g/mol. The highest BCUT2D eigenvalue weighted by atomic mass is 35.5. The molecule has 4 saturated heterocycles. The molecule has 7 heterocycles. The molecule has 31 nitrogen and oxygen atoms in total. The van der Waals surface area contributed by atoms with Crippen LogP contribution in [0.25, 0.3) is 0 Å². The molecule has 10 amide bonds. The SMILES string of the molecule is Cc1ccc([C@@H]2[C@@H](c3cccc(Cl)c3)O[C@H](CC(=O)NCCCOc3c(C)cc(N=Nc4cccc5c4CN(C4CCC(=O)NC4=O)C5=O)cc3C)C(=O)N2[C@H](CS(=O)(=O)C(C)(C)C)C2CC2)cc1.Cc1ccc([C@@H]2[C@@H](c3cccc(Cl)c3)O[C@](C)(Cc3ncc(CC(=O)NCCCOc4c(C)cc(N=Nc5cccc6c5CN(C5CCC(=O)NC5=O)C6=O)cc4C)s3)C(=O)N2[C@H](CS(=O)(=O)C(C)(C)C)C2CC2)cc1F. The number of azo groups is 2. The van der Waals surface area contributed by atoms with Crippen molar-refractivity contribution < 1.29 is 88.1 Å². The van der Waals surface area contributed by atoms with Crippen LogP contribution in [0.4, 0.5) is 27.1 Å². The van der Waals surface area contributed by atoms with Gasteiger partial charge in [-0.25, -0.2) is 26.2 Å². The van der Waals surface area contributed by atoms with E-state index in [-0.39, 0.29) is 124 Å². The number of fused-ring (bicyclic) bond motifs is 2. The molecule has 4 N–H and O–H groups in total. The number of benzene rings is 8. The van der Waals surface area contributed by atoms with Crippen LogP contribution in [0.2, 0.25) is 10.0 Å². The lowest BCUT2D eigenvalue weighted by atomic mass is 9.85. The van der Waals surface area contributed by atoms with Gasteiger partial charge in [0.05, 0.1) is 86.9 Å². The van der Waals surface area contributed by atoms with Crippen molar-refractivity contribution in [1.82, 2.24) is 45.9 Å². The topological polar surface area (TPSA) is 399 Å². The molecule has 770 valence electrons. The second kappa shape index (κ2) is 44.0. The number of sulfone groups is 2. The monoisotopic (exact) mass is 2090 g/mol. The zero-order valence-corrected chi connectivity index (χ0v) is 87.9. The highest BCUT2D eigenvalue weighted by Gasteiger charge is 2.58. The first kappa shape index (κ1) is 106. The first-order valence-electron chi connectivity index (χ1n) is 49.4. The largest absolute Gasteiger partial charge is 0.493 e. The van der Waals surface area contributed by atoms with Gasteiger partial charge in [0, 0.05) is 101 Å². The number of piperidine rings is 2. The van der Waals surface area contributed by atoms with Gasteiger partial charge in [0.15, 0.2) is 25.3 Å². The predicted molar refractivity (Wildman–Crippen MR) is 550 cm³/mol. The zero-order chi connectivity index (χ0) is 105. The van der Waals surface area contributed by atoms with Crippen LogP contribution in [0, 0.1) is 59.2 Å². The van der Waals surface area contributed by atoms with Gasteiger partial charge in [0.2, 0.25) is 35.4 Å². The summed E-state index contributed by atoms with van der Waals surface area (Å²) in [7, 11) is -7.41. The number of halogens is 3. The molecule has 0 radical (unpaired) electrons. The normalized spacial score (nSPS) is 21.4. The highest BCUT2D eigenvalue weighted by molar-refractivity contribution is 7.93. The third-order valence-electron chi connectivity index (χ3n) is 28.2. The number of aromatic nitrogens is 1. The van der Waals surface area contributed by atoms with Gasteiger partial charge in [-0.1, -0.05) is 102 Å². The molecule has 17 rings (SSSR count). The predicted octanol–water partition coefficient (Wildman–Crippen LogP) is 18.2. The van der Waals surface area contributed by atoms with Gasteiger partial charge in [-0.15, -0.1) is 11.3 Å². The Morgan fingerprint density at radius 1 is 0.555 bits per heavy atom. The van der Waals surface area contributed by atoms with Crippen molar-refractivity contribution in [2.24, 2.45) is 32.3 Å². The maximum Gasteiger partial charge on any atom is 0.255 e. The van der Waals surface area contributed by atoms with Crippen molar-refractivity contribution in [3.63, 3.8) is 0 Å². The minimum atomic E-state index is -3.75. The summed E-state index contributed by atoms with van der Waals surface area (Å²) in [5.74, 6) is -3.41. The van der Waals surface area contributed by atoms with Crippen molar-refractivity contribution in [3.8, 4) is 11.5 Å². The summed E-state index contributed by atoms with van der Waals surface area (Å²) in [6.07, 6.45) is 3.47. The standard InChI is InChI=1S/C57H63ClFN7O9S2.C52H59ClN6O9S/c1-32-15-16-36(26-43(32)59)50-52(37-11-8-12-38(58)25-37)75-57(7,55(71)66(50)46(35-17-18-35)31-77(72,73)56(4,5)6)28-49-61-29-40(76-49)27-48(68)60-21-10-22-74-51-33(2)23-39(24-34(51)3)63-64-44-14-9-13-41-42(44)30-65(54(41)70)45-19-20-47(67)62-53(45)69;1-30-14-16-34(17-15-30)46-48(35-10-7-11-36(53)26-35)68-43(51(64)59(46)42(33-18-19-33)29-69(65,66)52(4,5)6)27-45(61)54-22-9-23-67-47-31(2)24-37(25-32(47)3)56-57-40-13-8-12-38-39(40)28-58(50(38)63)41-20-21-44(60)55-49(41)62/h8-9,11-16,23-26,29,35,45-46,50,52H,10,17-22,27-28,30-31H2,1-7H3,(H,60,68)(H,62,67,69);7-8,10-17,24-26,33,41-43,46,48H,9,18-23,27-29H2,1-6H3,(H,54,61)(H,55,60,62)/t45?,46-,50-,52-,57-;41?,42-,43-,46-,48-/m11/s1. The fraction of sp³-hybridized carbons (Fsp3) is 0.440. The number of hydrogen-bond acceptors (Lipinski definition) is 24. The van der Waals surface area contributed by atoms with Crippen molar-refractivity contribution in [1.29, 1.82) is 0 Å². The molecule has 146 heavy (non-hydrogen) atoms. The number of ether oxygens (including phenoxy) is 4. The molecule has 6 aliphatic heterocycles. The maximum absolute atomic E-state index is 15.5. The van der Waals surface area contributed by atoms with E-state index in [1.807, 2.05) is 101 Å². The number of hydrogen-bond donors (Lipinski definition) is 4. The Labute approximate surface area is 863 Å². The summed E-state index contributed by atoms with van der Waals surface area (Å²) in [4.78, 5) is 144. The van der Waals surface area contributed by atoms with Gasteiger partial charge in [0.1, 0.15) is 47.7 Å². The summed E-state index contributed by atoms with van der Waals surface area (Å²) >= 11 is 14.4. The Kier molecular flexibility index (Phi) is 32.0. The number of amides is 10. The molecular formula is C109H122Cl2FN13O18S3. The highest BCUT2D eigenvalue weighted by Crippen LogP contribution is 2.54. The van der Waals surface area contributed by atoms with Crippen LogP contribution in [0.3, 0.4) is 0 Å². The fourth-order valence-electron chi connectivity index (χ4n) is 19.8. The van der Waals surface area contributed by atoms with E-state index in [2.05, 4.69) is 46.7 Å². The molecule has 6 fully saturated rings. The van der Waals surface area contributed by atoms with E-state index >= 15 is 9.18 Å². The van der Waals surface area contributed by atoms with Crippen LogP contribution in [0.5, 0.6) is 11.5 Å². The summed E-state index contributed by atoms with van der Waals surface area (Å²) in [6, 6.07) is 40.3. The molecule has 37 heteroatoms. The summed E-state index contributed by atoms with van der Waals surface area (Å²) in [5, 5.41) is 30.0. The van der Waals surface area contributed by atoms with Gasteiger partial charge < -0.3 is 49.2 Å². The maximum atomic E-state index is 15.5. The van der Waals surface area contributed by atoms with Crippen LogP contribution < -0.4 is 30.7 Å². The van der Waals surface area contributed by atoms with Crippen LogP contribution >= 0.6 is 34.5 Å². The average Bonchev–Trinajstić information content (AvgIpc) is 1.31. The molecule has 2 aliphatic carbocycles. The molecule has 2 unspecified atom stereocenters. The Bertz CT molecular complexity index is 6870. The lowest BCUT2D eigenvalue weighted by Gasteiger charge is -2.52. The number of carbonyl (C=O) groups excluding carboxylic acids is 10. The molecule has 0 spiro atoms. The number of morpholine rings is 2. The Hall–Kier alpha value is -12.4. The summed E-state index contributed by atoms with van der Waals surface area (Å²) in [5.41, 5.74) is 10.2. The minimum Gasteiger partial charge on any atom is -0.493 e. The number of nitrogens with zero attached hydrogens (tertiary/aromatic N) is 9. The second-order valence-electron chi connectivity index (χ2n) is 41.3. The van der Waals surface area contributed by atoms with Gasteiger partial charge in [-0.2, -0.15) is 20.5 Å². The molecular weight excluding hydrogens is 1970 g/mol. The number of imide groups is 2. The number of thiazole rings is 1. The number of rotatable bonds is 34. The van der Waals surface area contributed by atoms with E-state index < -0.39 is 125 Å². The van der Waals surface area contributed by atoms with Crippen molar-refractivity contribution in [2.75, 3.05) is 37.8 Å². The van der Waals surface area contributed by atoms with Crippen LogP contribution in [0.1, 0.15) is 241 Å². The first-order valence-corrected chi connectivity index (χ1v) is 54.3. The minimum absolute atomic E-state index is 0.0219. The molecule has 10 atom stereocenters. The van der Waals surface area contributed by atoms with E-state index in [0.717, 1.165) is 59.1 Å². The summed E-state index contributed by atoms with van der Waals surface area (Å²) in [6.45, 7) is 24.5. The first-order chi connectivity index (χ1) is 69.3. The molecule has 0 bridgehead atoms. The molecule has 2 saturated carbocycles.